The van der Waals surface area contributed by atoms with Gasteiger partial charge in [-0.1, -0.05) is 0 Å². The van der Waals surface area contributed by atoms with E-state index < -0.39 is 11.9 Å². The maximum atomic E-state index is 12.4. The average Bonchev–Trinajstić information content (AvgIpc) is 3.19. The van der Waals surface area contributed by atoms with Gasteiger partial charge in [0.05, 0.1) is 11.6 Å². The lowest BCUT2D eigenvalue weighted by Crippen LogP contribution is -2.39. The molecule has 10 heteroatoms. The van der Waals surface area contributed by atoms with Gasteiger partial charge in [-0.2, -0.15) is 13.2 Å². The third kappa shape index (κ3) is 7.97. The van der Waals surface area contributed by atoms with Gasteiger partial charge in [0, 0.05) is 38.5 Å². The molecule has 138 valence electrons. The van der Waals surface area contributed by atoms with Crippen molar-refractivity contribution in [1.82, 2.24) is 15.6 Å². The minimum Gasteiger partial charge on any atom is -0.379 e. The van der Waals surface area contributed by atoms with Crippen LogP contribution in [-0.2, 0) is 17.3 Å². The van der Waals surface area contributed by atoms with E-state index in [0.29, 0.717) is 37.1 Å². The van der Waals surface area contributed by atoms with Gasteiger partial charge >= 0.3 is 6.18 Å². The van der Waals surface area contributed by atoms with Gasteiger partial charge in [0.15, 0.2) is 11.7 Å². The fraction of sp³-hybridized carbons (Fsp3) is 0.714. The second-order valence-electron chi connectivity index (χ2n) is 5.32. The molecule has 24 heavy (non-hydrogen) atoms. The number of rotatable bonds is 8. The number of alkyl halides is 3. The Balaban J connectivity index is 0.00000288. The van der Waals surface area contributed by atoms with Crippen molar-refractivity contribution in [2.45, 2.75) is 25.4 Å². The molecule has 1 saturated carbocycles. The predicted molar refractivity (Wildman–Crippen MR) is 99.1 cm³/mol. The van der Waals surface area contributed by atoms with E-state index in [-0.39, 0.29) is 24.0 Å². The van der Waals surface area contributed by atoms with Crippen LogP contribution in [0.4, 0.5) is 13.2 Å². The van der Waals surface area contributed by atoms with Crippen molar-refractivity contribution >= 4 is 41.3 Å². The highest BCUT2D eigenvalue weighted by atomic mass is 127. The highest BCUT2D eigenvalue weighted by Gasteiger charge is 2.33. The number of guanidine groups is 1. The van der Waals surface area contributed by atoms with E-state index >= 15 is 0 Å². The summed E-state index contributed by atoms with van der Waals surface area (Å²) in [5, 5.41) is 7.64. The molecule has 1 aromatic heterocycles. The van der Waals surface area contributed by atoms with E-state index in [1.807, 2.05) is 0 Å². The molecular weight excluding hydrogens is 456 g/mol. The Morgan fingerprint density at radius 3 is 2.67 bits per heavy atom. The minimum absolute atomic E-state index is 0. The zero-order chi connectivity index (χ0) is 16.7. The minimum atomic E-state index is -4.37. The maximum absolute atomic E-state index is 12.4. The Hall–Kier alpha value is -0.620. The zero-order valence-electron chi connectivity index (χ0n) is 13.4. The van der Waals surface area contributed by atoms with E-state index in [0.717, 1.165) is 29.2 Å². The quantitative estimate of drug-likeness (QED) is 0.261. The number of thiazole rings is 1. The van der Waals surface area contributed by atoms with E-state index in [4.69, 9.17) is 4.74 Å². The van der Waals surface area contributed by atoms with Crippen LogP contribution in [0.3, 0.4) is 0 Å². The number of hydrogen-bond donors (Lipinski definition) is 2. The summed E-state index contributed by atoms with van der Waals surface area (Å²) in [5.41, 5.74) is -0.826. The molecule has 1 aliphatic carbocycles. The summed E-state index contributed by atoms with van der Waals surface area (Å²) in [6.07, 6.45) is -1.42. The van der Waals surface area contributed by atoms with Gasteiger partial charge in [0.1, 0.15) is 0 Å². The van der Waals surface area contributed by atoms with Crippen molar-refractivity contribution in [3.63, 3.8) is 0 Å². The summed E-state index contributed by atoms with van der Waals surface area (Å²) in [4.78, 5) is 7.64. The van der Waals surface area contributed by atoms with Gasteiger partial charge in [-0.25, -0.2) is 4.98 Å². The zero-order valence-corrected chi connectivity index (χ0v) is 16.5. The van der Waals surface area contributed by atoms with Crippen molar-refractivity contribution in [2.75, 3.05) is 33.4 Å². The van der Waals surface area contributed by atoms with Crippen LogP contribution in [-0.4, -0.2) is 44.3 Å². The normalized spacial score (nSPS) is 15.1. The van der Waals surface area contributed by atoms with Crippen molar-refractivity contribution in [1.29, 1.82) is 0 Å². The Morgan fingerprint density at radius 2 is 2.08 bits per heavy atom. The summed E-state index contributed by atoms with van der Waals surface area (Å²) in [5.74, 6) is 1.35. The standard InChI is InChI=1S/C14H21F3N4OS.HI/c1-18-13(20-6-7-22-8-10-2-3-10)19-5-4-12-21-11(9-23-12)14(15,16)17;/h9-10H,2-8H2,1H3,(H2,18,19,20);1H. The molecule has 0 bridgehead atoms. The van der Waals surface area contributed by atoms with E-state index in [9.17, 15) is 13.2 Å². The Bertz CT molecular complexity index is 520. The number of halogens is 4. The molecule has 1 aromatic rings. The maximum Gasteiger partial charge on any atom is 0.434 e. The predicted octanol–water partition coefficient (Wildman–Crippen LogP) is 2.91. The number of ether oxygens (including phenoxy) is 1. The monoisotopic (exact) mass is 478 g/mol. The topological polar surface area (TPSA) is 58.5 Å². The van der Waals surface area contributed by atoms with Crippen LogP contribution in [0.15, 0.2) is 10.4 Å². The Labute approximate surface area is 160 Å². The van der Waals surface area contributed by atoms with Gasteiger partial charge in [-0.3, -0.25) is 4.99 Å². The lowest BCUT2D eigenvalue weighted by molar-refractivity contribution is -0.140. The first-order valence-electron chi connectivity index (χ1n) is 7.53. The second kappa shape index (κ2) is 10.4. The van der Waals surface area contributed by atoms with Crippen molar-refractivity contribution in [3.05, 3.63) is 16.1 Å². The highest BCUT2D eigenvalue weighted by Crippen LogP contribution is 2.30. The van der Waals surface area contributed by atoms with Crippen LogP contribution in [0.25, 0.3) is 0 Å². The molecule has 0 unspecified atom stereocenters. The molecule has 0 aliphatic heterocycles. The Kier molecular flexibility index (Phi) is 9.27. The first-order chi connectivity index (χ1) is 11.0. The summed E-state index contributed by atoms with van der Waals surface area (Å²) in [6.45, 7) is 2.53. The van der Waals surface area contributed by atoms with Crippen LogP contribution in [0.1, 0.15) is 23.5 Å². The molecule has 0 aromatic carbocycles. The molecule has 0 amide bonds. The molecule has 0 radical (unpaired) electrons. The lowest BCUT2D eigenvalue weighted by Gasteiger charge is -2.11. The summed E-state index contributed by atoms with van der Waals surface area (Å²) in [7, 11) is 1.64. The third-order valence-corrected chi connectivity index (χ3v) is 4.20. The van der Waals surface area contributed by atoms with Crippen LogP contribution in [0.5, 0.6) is 0 Å². The van der Waals surface area contributed by atoms with Crippen LogP contribution < -0.4 is 10.6 Å². The van der Waals surface area contributed by atoms with Crippen molar-refractivity contribution < 1.29 is 17.9 Å². The summed E-state index contributed by atoms with van der Waals surface area (Å²) < 4.78 is 42.8. The summed E-state index contributed by atoms with van der Waals surface area (Å²) >= 11 is 1.02. The number of hydrogen-bond acceptors (Lipinski definition) is 4. The van der Waals surface area contributed by atoms with Gasteiger partial charge in [0.25, 0.3) is 0 Å². The van der Waals surface area contributed by atoms with Gasteiger partial charge in [-0.15, -0.1) is 35.3 Å². The number of nitrogens with one attached hydrogen (secondary N) is 2. The van der Waals surface area contributed by atoms with Gasteiger partial charge in [-0.05, 0) is 18.8 Å². The lowest BCUT2D eigenvalue weighted by atomic mass is 10.4. The molecule has 1 fully saturated rings. The number of nitrogens with zero attached hydrogens (tertiary/aromatic N) is 2. The Morgan fingerprint density at radius 1 is 1.38 bits per heavy atom. The smallest absolute Gasteiger partial charge is 0.379 e. The van der Waals surface area contributed by atoms with Gasteiger partial charge < -0.3 is 15.4 Å². The van der Waals surface area contributed by atoms with E-state index in [2.05, 4.69) is 20.6 Å². The summed E-state index contributed by atoms with van der Waals surface area (Å²) in [6, 6.07) is 0. The molecule has 0 saturated heterocycles. The second-order valence-corrected chi connectivity index (χ2v) is 6.26. The van der Waals surface area contributed by atoms with Crippen molar-refractivity contribution in [3.8, 4) is 0 Å². The molecular formula is C14H22F3IN4OS. The third-order valence-electron chi connectivity index (χ3n) is 3.29. The molecule has 2 rings (SSSR count). The van der Waals surface area contributed by atoms with Crippen molar-refractivity contribution in [2.24, 2.45) is 10.9 Å². The van der Waals surface area contributed by atoms with Crippen LogP contribution >= 0.6 is 35.3 Å². The largest absolute Gasteiger partial charge is 0.434 e. The fourth-order valence-electron chi connectivity index (χ4n) is 1.84. The molecule has 5 nitrogen and oxygen atoms in total. The number of aliphatic imine (C=N–C) groups is 1. The highest BCUT2D eigenvalue weighted by molar-refractivity contribution is 14.0. The van der Waals surface area contributed by atoms with Crippen LogP contribution in [0.2, 0.25) is 0 Å². The molecule has 1 heterocycles. The van der Waals surface area contributed by atoms with E-state index in [1.54, 1.807) is 7.05 Å². The molecule has 0 spiro atoms. The van der Waals surface area contributed by atoms with Gasteiger partial charge in [0.2, 0.25) is 0 Å². The first-order valence-corrected chi connectivity index (χ1v) is 8.41. The molecule has 0 atom stereocenters. The van der Waals surface area contributed by atoms with E-state index in [1.165, 1.54) is 12.8 Å². The molecule has 1 aliphatic rings. The first kappa shape index (κ1) is 21.4. The van der Waals surface area contributed by atoms with Crippen LogP contribution in [0, 0.1) is 5.92 Å². The fourth-order valence-corrected chi connectivity index (χ4v) is 2.65. The number of aromatic nitrogens is 1. The average molecular weight is 478 g/mol. The SMILES string of the molecule is CN=C(NCCOCC1CC1)NCCc1nc(C(F)(F)F)cs1.I. The molecule has 2 N–H and O–H groups in total.